The maximum absolute atomic E-state index is 10.9. The fourth-order valence-corrected chi connectivity index (χ4v) is 8.47. The Balaban J connectivity index is 3.10. The van der Waals surface area contributed by atoms with E-state index in [1.807, 2.05) is 0 Å². The van der Waals surface area contributed by atoms with Gasteiger partial charge in [-0.25, -0.2) is 4.79 Å². The zero-order chi connectivity index (χ0) is 15.5. The summed E-state index contributed by atoms with van der Waals surface area (Å²) in [4.78, 5) is 10.9. The Kier molecular flexibility index (Phi) is 5.40. The van der Waals surface area contributed by atoms with E-state index in [1.165, 1.54) is 0 Å². The zero-order valence-electron chi connectivity index (χ0n) is 13.3. The first-order chi connectivity index (χ1) is 9.21. The van der Waals surface area contributed by atoms with E-state index >= 15 is 0 Å². The number of carboxylic acid groups (broad SMARTS) is 1. The van der Waals surface area contributed by atoms with Crippen molar-refractivity contribution in [2.75, 3.05) is 0 Å². The Morgan fingerprint density at radius 2 is 1.35 bits per heavy atom. The highest BCUT2D eigenvalue weighted by molar-refractivity contribution is 6.78. The first kappa shape index (κ1) is 16.8. The summed E-state index contributed by atoms with van der Waals surface area (Å²) < 4.78 is 6.47. The van der Waals surface area contributed by atoms with Crippen LogP contribution in [0, 0.1) is 0 Å². The van der Waals surface area contributed by atoms with Gasteiger partial charge < -0.3 is 9.53 Å². The quantitative estimate of drug-likeness (QED) is 0.756. The summed E-state index contributed by atoms with van der Waals surface area (Å²) in [5, 5.41) is 8.94. The molecule has 0 heterocycles. The van der Waals surface area contributed by atoms with Crippen LogP contribution in [0.1, 0.15) is 51.9 Å². The molecule has 0 unspecified atom stereocenters. The number of hydrogen-bond acceptors (Lipinski definition) is 2. The summed E-state index contributed by atoms with van der Waals surface area (Å²) in [5.74, 6) is -0.116. The molecule has 1 aromatic rings. The normalized spacial score (nSPS) is 12.2. The van der Waals surface area contributed by atoms with Crippen LogP contribution < -0.4 is 4.43 Å². The van der Waals surface area contributed by atoms with Crippen LogP contribution in [-0.2, 0) is 0 Å². The Bertz CT molecular complexity index is 428. The van der Waals surface area contributed by atoms with Crippen LogP contribution in [0.5, 0.6) is 5.75 Å². The third-order valence-corrected chi connectivity index (χ3v) is 10.1. The minimum atomic E-state index is -1.96. The molecule has 0 spiro atoms. The van der Waals surface area contributed by atoms with E-state index in [4.69, 9.17) is 9.53 Å². The molecule has 0 aliphatic carbocycles. The molecule has 3 nitrogen and oxygen atoms in total. The SMILES string of the molecule is CC(C)[Si](Oc1ccc(C(=O)O)cc1)(C(C)C)C(C)C. The summed E-state index contributed by atoms with van der Waals surface area (Å²) in [6.07, 6.45) is 0. The van der Waals surface area contributed by atoms with Crippen LogP contribution in [0.4, 0.5) is 0 Å². The van der Waals surface area contributed by atoms with E-state index in [2.05, 4.69) is 41.5 Å². The molecule has 0 saturated carbocycles. The zero-order valence-corrected chi connectivity index (χ0v) is 14.3. The maximum Gasteiger partial charge on any atom is 0.335 e. The van der Waals surface area contributed by atoms with E-state index in [1.54, 1.807) is 24.3 Å². The van der Waals surface area contributed by atoms with Crippen molar-refractivity contribution in [3.63, 3.8) is 0 Å². The number of hydrogen-bond donors (Lipinski definition) is 1. The fraction of sp³-hybridized carbons (Fsp3) is 0.562. The van der Waals surface area contributed by atoms with Crippen LogP contribution >= 0.6 is 0 Å². The van der Waals surface area contributed by atoms with Gasteiger partial charge >= 0.3 is 5.97 Å². The summed E-state index contributed by atoms with van der Waals surface area (Å²) in [7, 11) is -1.96. The predicted octanol–water partition coefficient (Wildman–Crippen LogP) is 4.94. The Hall–Kier alpha value is -1.29. The predicted molar refractivity (Wildman–Crippen MR) is 85.1 cm³/mol. The van der Waals surface area contributed by atoms with Crippen molar-refractivity contribution in [1.82, 2.24) is 0 Å². The number of aromatic carboxylic acids is 1. The fourth-order valence-electron chi connectivity index (χ4n) is 3.22. The number of carbonyl (C=O) groups is 1. The largest absolute Gasteiger partial charge is 0.543 e. The third kappa shape index (κ3) is 3.23. The van der Waals surface area contributed by atoms with Gasteiger partial charge in [0.2, 0.25) is 0 Å². The van der Waals surface area contributed by atoms with Crippen molar-refractivity contribution < 1.29 is 14.3 Å². The highest BCUT2D eigenvalue weighted by Gasteiger charge is 2.46. The molecule has 0 aromatic heterocycles. The van der Waals surface area contributed by atoms with E-state index in [9.17, 15) is 4.79 Å². The van der Waals surface area contributed by atoms with Gasteiger partial charge in [-0.3, -0.25) is 0 Å². The highest BCUT2D eigenvalue weighted by atomic mass is 28.4. The van der Waals surface area contributed by atoms with Crippen molar-refractivity contribution in [3.05, 3.63) is 29.8 Å². The van der Waals surface area contributed by atoms with Crippen molar-refractivity contribution >= 4 is 14.3 Å². The van der Waals surface area contributed by atoms with Crippen LogP contribution in [0.25, 0.3) is 0 Å². The van der Waals surface area contributed by atoms with Gasteiger partial charge in [0.1, 0.15) is 5.75 Å². The molecule has 0 amide bonds. The van der Waals surface area contributed by atoms with Gasteiger partial charge in [0.25, 0.3) is 8.32 Å². The molecular weight excluding hydrogens is 268 g/mol. The van der Waals surface area contributed by atoms with Crippen LogP contribution in [0.3, 0.4) is 0 Å². The molecule has 0 aliphatic heterocycles. The van der Waals surface area contributed by atoms with Crippen molar-refractivity contribution in [2.24, 2.45) is 0 Å². The molecule has 0 bridgehead atoms. The third-order valence-electron chi connectivity index (χ3n) is 4.10. The van der Waals surface area contributed by atoms with Crippen LogP contribution in [0.2, 0.25) is 16.6 Å². The molecule has 4 heteroatoms. The lowest BCUT2D eigenvalue weighted by Gasteiger charge is -2.42. The Morgan fingerprint density at radius 1 is 0.950 bits per heavy atom. The summed E-state index contributed by atoms with van der Waals surface area (Å²) in [5.41, 5.74) is 1.80. The molecular formula is C16H26O3Si. The second-order valence-corrected chi connectivity index (χ2v) is 11.6. The van der Waals surface area contributed by atoms with E-state index in [-0.39, 0.29) is 0 Å². The first-order valence-electron chi connectivity index (χ1n) is 7.24. The number of rotatable bonds is 6. The van der Waals surface area contributed by atoms with Gasteiger partial charge in [0, 0.05) is 0 Å². The Morgan fingerprint density at radius 3 is 1.65 bits per heavy atom. The minimum Gasteiger partial charge on any atom is -0.543 e. The summed E-state index contributed by atoms with van der Waals surface area (Å²) in [6.45, 7) is 13.4. The van der Waals surface area contributed by atoms with E-state index < -0.39 is 14.3 Å². The average Bonchev–Trinajstić information content (AvgIpc) is 2.35. The molecule has 1 aromatic carbocycles. The van der Waals surface area contributed by atoms with Gasteiger partial charge in [-0.2, -0.15) is 0 Å². The number of carboxylic acids is 1. The number of benzene rings is 1. The monoisotopic (exact) mass is 294 g/mol. The van der Waals surface area contributed by atoms with Gasteiger partial charge in [-0.15, -0.1) is 0 Å². The van der Waals surface area contributed by atoms with Crippen molar-refractivity contribution in [1.29, 1.82) is 0 Å². The smallest absolute Gasteiger partial charge is 0.335 e. The van der Waals surface area contributed by atoms with E-state index in [0.717, 1.165) is 5.75 Å². The van der Waals surface area contributed by atoms with Gasteiger partial charge in [0.05, 0.1) is 5.56 Å². The molecule has 20 heavy (non-hydrogen) atoms. The Labute approximate surface area is 123 Å². The molecule has 0 aliphatic rings. The summed E-state index contributed by atoms with van der Waals surface area (Å²) >= 11 is 0. The molecule has 112 valence electrons. The second-order valence-electron chi connectivity index (χ2n) is 6.25. The molecule has 0 atom stereocenters. The standard InChI is InChI=1S/C16H26O3Si/c1-11(2)20(12(3)4,13(5)6)19-15-9-7-14(8-10-15)16(17)18/h7-13H,1-6H3,(H,17,18). The van der Waals surface area contributed by atoms with Crippen molar-refractivity contribution in [3.8, 4) is 5.75 Å². The highest BCUT2D eigenvalue weighted by Crippen LogP contribution is 2.42. The van der Waals surface area contributed by atoms with Gasteiger partial charge in [-0.05, 0) is 40.9 Å². The lowest BCUT2D eigenvalue weighted by atomic mass is 10.2. The second kappa shape index (κ2) is 6.44. The first-order valence-corrected chi connectivity index (χ1v) is 9.38. The van der Waals surface area contributed by atoms with Gasteiger partial charge in [0.15, 0.2) is 0 Å². The maximum atomic E-state index is 10.9. The molecule has 1 rings (SSSR count). The molecule has 0 saturated heterocycles. The lowest BCUT2D eigenvalue weighted by Crippen LogP contribution is -2.50. The lowest BCUT2D eigenvalue weighted by molar-refractivity contribution is 0.0697. The molecule has 0 fully saturated rings. The molecule has 0 radical (unpaired) electrons. The summed E-state index contributed by atoms with van der Waals surface area (Å²) in [6, 6.07) is 6.77. The van der Waals surface area contributed by atoms with E-state index in [0.29, 0.717) is 22.2 Å². The van der Waals surface area contributed by atoms with Crippen LogP contribution in [-0.4, -0.2) is 19.4 Å². The molecule has 1 N–H and O–H groups in total. The minimum absolute atomic E-state index is 0.295. The van der Waals surface area contributed by atoms with Crippen molar-refractivity contribution in [2.45, 2.75) is 58.2 Å². The average molecular weight is 294 g/mol. The topological polar surface area (TPSA) is 46.5 Å². The van der Waals surface area contributed by atoms with Crippen LogP contribution in [0.15, 0.2) is 24.3 Å². The van der Waals surface area contributed by atoms with Gasteiger partial charge in [-0.1, -0.05) is 41.5 Å².